The summed E-state index contributed by atoms with van der Waals surface area (Å²) in [7, 11) is 0. The van der Waals surface area contributed by atoms with Crippen molar-refractivity contribution in [2.45, 2.75) is 39.3 Å². The molecule has 0 aromatic carbocycles. The number of oxazole rings is 1. The Hall–Kier alpha value is -0.480. The fourth-order valence-corrected chi connectivity index (χ4v) is 2.85. The number of thioether (sulfide) groups is 1. The minimum Gasteiger partial charge on any atom is -0.444 e. The molecule has 0 bridgehead atoms. The third-order valence-electron chi connectivity index (χ3n) is 2.84. The van der Waals surface area contributed by atoms with Crippen LogP contribution in [0.5, 0.6) is 0 Å². The first kappa shape index (κ1) is 11.0. The smallest absolute Gasteiger partial charge is 0.208 e. The van der Waals surface area contributed by atoms with Crippen LogP contribution in [0.4, 0.5) is 0 Å². The first-order chi connectivity index (χ1) is 7.25. The van der Waals surface area contributed by atoms with Crippen molar-refractivity contribution >= 4 is 11.8 Å². The Bertz CT molecular complexity index is 299. The zero-order valence-electron chi connectivity index (χ0n) is 9.38. The zero-order valence-corrected chi connectivity index (χ0v) is 10.2. The molecular weight excluding hydrogens is 208 g/mol. The Balaban J connectivity index is 1.81. The summed E-state index contributed by atoms with van der Waals surface area (Å²) in [6.45, 7) is 4.71. The van der Waals surface area contributed by atoms with Crippen molar-refractivity contribution in [3.05, 3.63) is 17.3 Å². The number of rotatable bonds is 3. The minimum absolute atomic E-state index is 0.652. The molecule has 0 saturated carbocycles. The second kappa shape index (κ2) is 5.03. The van der Waals surface area contributed by atoms with Gasteiger partial charge in [0.15, 0.2) is 0 Å². The summed E-state index contributed by atoms with van der Waals surface area (Å²) < 4.78 is 5.53. The molecule has 1 aliphatic heterocycles. The summed E-state index contributed by atoms with van der Waals surface area (Å²) in [5.41, 5.74) is 1.01. The molecule has 15 heavy (non-hydrogen) atoms. The molecule has 1 fully saturated rings. The normalized spacial score (nSPS) is 18.3. The van der Waals surface area contributed by atoms with Gasteiger partial charge >= 0.3 is 0 Å². The lowest BCUT2D eigenvalue weighted by Gasteiger charge is -2.21. The fourth-order valence-electron chi connectivity index (χ4n) is 1.75. The van der Waals surface area contributed by atoms with E-state index in [1.165, 1.54) is 24.3 Å². The van der Waals surface area contributed by atoms with Gasteiger partial charge in [0.05, 0.1) is 12.2 Å². The van der Waals surface area contributed by atoms with E-state index in [0.29, 0.717) is 6.04 Å². The lowest BCUT2D eigenvalue weighted by molar-refractivity contribution is 0.409. The molecule has 0 spiro atoms. The molecule has 0 unspecified atom stereocenters. The average Bonchev–Trinajstić information content (AvgIpc) is 2.57. The van der Waals surface area contributed by atoms with Crippen LogP contribution in [0.3, 0.4) is 0 Å². The van der Waals surface area contributed by atoms with Crippen molar-refractivity contribution in [1.29, 1.82) is 0 Å². The standard InChI is InChI=1S/C11H18N2OS/c1-8-9(2)14-11(13-8)7-12-10-3-5-15-6-4-10/h10,12H,3-7H2,1-2H3. The number of nitrogens with one attached hydrogen (secondary N) is 1. The van der Waals surface area contributed by atoms with E-state index in [1.54, 1.807) is 0 Å². The summed E-state index contributed by atoms with van der Waals surface area (Å²) in [4.78, 5) is 4.36. The molecule has 1 aromatic rings. The van der Waals surface area contributed by atoms with Gasteiger partial charge in [-0.05, 0) is 38.2 Å². The second-order valence-electron chi connectivity index (χ2n) is 4.02. The zero-order chi connectivity index (χ0) is 10.7. The van der Waals surface area contributed by atoms with Crippen molar-refractivity contribution in [2.24, 2.45) is 0 Å². The van der Waals surface area contributed by atoms with E-state index in [1.807, 2.05) is 25.6 Å². The number of hydrogen-bond acceptors (Lipinski definition) is 4. The number of nitrogens with zero attached hydrogens (tertiary/aromatic N) is 1. The van der Waals surface area contributed by atoms with E-state index in [4.69, 9.17) is 4.42 Å². The molecule has 0 amide bonds. The second-order valence-corrected chi connectivity index (χ2v) is 5.24. The summed E-state index contributed by atoms with van der Waals surface area (Å²) in [5, 5.41) is 3.51. The maximum absolute atomic E-state index is 5.53. The predicted octanol–water partition coefficient (Wildman–Crippen LogP) is 2.28. The van der Waals surface area contributed by atoms with Gasteiger partial charge in [-0.25, -0.2) is 4.98 Å². The number of aryl methyl sites for hydroxylation is 2. The highest BCUT2D eigenvalue weighted by Crippen LogP contribution is 2.17. The molecule has 0 radical (unpaired) electrons. The molecule has 1 aliphatic rings. The minimum atomic E-state index is 0.652. The van der Waals surface area contributed by atoms with Crippen LogP contribution in [-0.2, 0) is 6.54 Å². The Labute approximate surface area is 95.0 Å². The summed E-state index contributed by atoms with van der Waals surface area (Å²) in [5.74, 6) is 4.32. The maximum atomic E-state index is 5.53. The number of hydrogen-bond donors (Lipinski definition) is 1. The molecule has 1 aromatic heterocycles. The first-order valence-corrected chi connectivity index (χ1v) is 6.65. The van der Waals surface area contributed by atoms with Crippen LogP contribution >= 0.6 is 11.8 Å². The lowest BCUT2D eigenvalue weighted by atomic mass is 10.1. The Kier molecular flexibility index (Phi) is 3.70. The first-order valence-electron chi connectivity index (χ1n) is 5.50. The topological polar surface area (TPSA) is 38.1 Å². The highest BCUT2D eigenvalue weighted by atomic mass is 32.2. The van der Waals surface area contributed by atoms with Crippen LogP contribution in [0.15, 0.2) is 4.42 Å². The van der Waals surface area contributed by atoms with Crippen LogP contribution in [0.2, 0.25) is 0 Å². The van der Waals surface area contributed by atoms with Gasteiger partial charge in [-0.2, -0.15) is 11.8 Å². The van der Waals surface area contributed by atoms with E-state index in [0.717, 1.165) is 23.9 Å². The van der Waals surface area contributed by atoms with Gasteiger partial charge in [0.2, 0.25) is 5.89 Å². The van der Waals surface area contributed by atoms with Gasteiger partial charge in [0.1, 0.15) is 5.76 Å². The number of aromatic nitrogens is 1. The van der Waals surface area contributed by atoms with Crippen molar-refractivity contribution in [3.63, 3.8) is 0 Å². The van der Waals surface area contributed by atoms with Gasteiger partial charge in [-0.15, -0.1) is 0 Å². The van der Waals surface area contributed by atoms with E-state index in [2.05, 4.69) is 10.3 Å². The third-order valence-corrected chi connectivity index (χ3v) is 3.88. The fraction of sp³-hybridized carbons (Fsp3) is 0.727. The van der Waals surface area contributed by atoms with Gasteiger partial charge < -0.3 is 9.73 Å². The molecule has 2 rings (SSSR count). The van der Waals surface area contributed by atoms with Crippen LogP contribution in [0.25, 0.3) is 0 Å². The van der Waals surface area contributed by atoms with Crippen LogP contribution < -0.4 is 5.32 Å². The van der Waals surface area contributed by atoms with Crippen LogP contribution in [0, 0.1) is 13.8 Å². The third kappa shape index (κ3) is 2.98. The summed E-state index contributed by atoms with van der Waals surface area (Å²) in [6, 6.07) is 0.652. The Morgan fingerprint density at radius 2 is 2.13 bits per heavy atom. The molecular formula is C11H18N2OS. The molecule has 0 aliphatic carbocycles. The molecule has 2 heterocycles. The van der Waals surface area contributed by atoms with Crippen LogP contribution in [-0.4, -0.2) is 22.5 Å². The SMILES string of the molecule is Cc1nc(CNC2CCSCC2)oc1C. The molecule has 84 valence electrons. The monoisotopic (exact) mass is 226 g/mol. The van der Waals surface area contributed by atoms with E-state index in [-0.39, 0.29) is 0 Å². The highest BCUT2D eigenvalue weighted by molar-refractivity contribution is 7.99. The maximum Gasteiger partial charge on any atom is 0.208 e. The van der Waals surface area contributed by atoms with Gasteiger partial charge in [-0.3, -0.25) is 0 Å². The van der Waals surface area contributed by atoms with E-state index >= 15 is 0 Å². The Morgan fingerprint density at radius 1 is 1.40 bits per heavy atom. The van der Waals surface area contributed by atoms with Crippen LogP contribution in [0.1, 0.15) is 30.2 Å². The van der Waals surface area contributed by atoms with Crippen molar-refractivity contribution in [2.75, 3.05) is 11.5 Å². The molecule has 1 N–H and O–H groups in total. The van der Waals surface area contributed by atoms with E-state index in [9.17, 15) is 0 Å². The van der Waals surface area contributed by atoms with Crippen molar-refractivity contribution < 1.29 is 4.42 Å². The molecule has 4 heteroatoms. The van der Waals surface area contributed by atoms with Crippen molar-refractivity contribution in [1.82, 2.24) is 10.3 Å². The molecule has 1 saturated heterocycles. The summed E-state index contributed by atoms with van der Waals surface area (Å²) >= 11 is 2.05. The molecule has 0 atom stereocenters. The predicted molar refractivity (Wildman–Crippen MR) is 63.2 cm³/mol. The van der Waals surface area contributed by atoms with Crippen molar-refractivity contribution in [3.8, 4) is 0 Å². The van der Waals surface area contributed by atoms with Gasteiger partial charge in [0.25, 0.3) is 0 Å². The van der Waals surface area contributed by atoms with Gasteiger partial charge in [0, 0.05) is 6.04 Å². The summed E-state index contributed by atoms with van der Waals surface area (Å²) in [6.07, 6.45) is 2.53. The quantitative estimate of drug-likeness (QED) is 0.858. The largest absolute Gasteiger partial charge is 0.444 e. The Morgan fingerprint density at radius 3 is 2.73 bits per heavy atom. The van der Waals surface area contributed by atoms with Gasteiger partial charge in [-0.1, -0.05) is 0 Å². The average molecular weight is 226 g/mol. The lowest BCUT2D eigenvalue weighted by Crippen LogP contribution is -2.32. The van der Waals surface area contributed by atoms with E-state index < -0.39 is 0 Å². The molecule has 3 nitrogen and oxygen atoms in total. The highest BCUT2D eigenvalue weighted by Gasteiger charge is 2.14.